The Morgan fingerprint density at radius 3 is 2.73 bits per heavy atom. The molecule has 0 radical (unpaired) electrons. The lowest BCUT2D eigenvalue weighted by molar-refractivity contribution is 0.0520. The standard InChI is InChI=1S/C18H22F2N2O3S/c1-2-24-18(23)15-7-12-8-16(25-10-17(19)20)13(9-14(12)21-15)11-3-5-22(26)6-4-11/h7-9,11,17,21,26H,2-6,10H2,1H3. The lowest BCUT2D eigenvalue weighted by Gasteiger charge is -2.29. The van der Waals surface area contributed by atoms with Crippen molar-refractivity contribution in [2.45, 2.75) is 32.1 Å². The molecule has 3 rings (SSSR count). The maximum atomic E-state index is 12.6. The number of piperidine rings is 1. The molecule has 0 unspecified atom stereocenters. The van der Waals surface area contributed by atoms with Crippen molar-refractivity contribution in [2.75, 3.05) is 26.3 Å². The van der Waals surface area contributed by atoms with E-state index in [-0.39, 0.29) is 12.5 Å². The van der Waals surface area contributed by atoms with E-state index in [0.717, 1.165) is 42.4 Å². The molecular weight excluding hydrogens is 362 g/mol. The van der Waals surface area contributed by atoms with E-state index in [2.05, 4.69) is 17.8 Å². The number of thiol groups is 1. The molecule has 0 atom stereocenters. The molecule has 1 aliphatic rings. The molecule has 2 heterocycles. The number of hydrogen-bond donors (Lipinski definition) is 2. The van der Waals surface area contributed by atoms with Gasteiger partial charge in [-0.1, -0.05) is 12.8 Å². The zero-order valence-corrected chi connectivity index (χ0v) is 15.4. The van der Waals surface area contributed by atoms with Crippen molar-refractivity contribution in [2.24, 2.45) is 0 Å². The van der Waals surface area contributed by atoms with E-state index >= 15 is 0 Å². The quantitative estimate of drug-likeness (QED) is 0.584. The normalized spacial score (nSPS) is 16.3. The second-order valence-electron chi connectivity index (χ2n) is 6.31. The van der Waals surface area contributed by atoms with E-state index in [0.29, 0.717) is 11.4 Å². The Kier molecular flexibility index (Phi) is 6.03. The summed E-state index contributed by atoms with van der Waals surface area (Å²) in [7, 11) is 0. The number of aromatic amines is 1. The highest BCUT2D eigenvalue weighted by atomic mass is 32.1. The molecule has 0 spiro atoms. The van der Waals surface area contributed by atoms with Crippen molar-refractivity contribution >= 4 is 29.7 Å². The first-order chi connectivity index (χ1) is 12.5. The summed E-state index contributed by atoms with van der Waals surface area (Å²) < 4.78 is 37.6. The Morgan fingerprint density at radius 1 is 1.35 bits per heavy atom. The Hall–Kier alpha value is -1.80. The third-order valence-electron chi connectivity index (χ3n) is 4.52. The van der Waals surface area contributed by atoms with Crippen molar-refractivity contribution in [3.8, 4) is 5.75 Å². The van der Waals surface area contributed by atoms with Crippen LogP contribution in [0.4, 0.5) is 8.78 Å². The van der Waals surface area contributed by atoms with Gasteiger partial charge in [0.15, 0.2) is 0 Å². The van der Waals surface area contributed by atoms with Gasteiger partial charge in [0.1, 0.15) is 18.1 Å². The molecule has 1 fully saturated rings. The lowest BCUT2D eigenvalue weighted by Crippen LogP contribution is -2.25. The minimum absolute atomic E-state index is 0.199. The minimum Gasteiger partial charge on any atom is -0.487 e. The third kappa shape index (κ3) is 4.29. The number of carbonyl (C=O) groups excluding carboxylic acids is 1. The van der Waals surface area contributed by atoms with Crippen LogP contribution in [0.25, 0.3) is 10.9 Å². The number of alkyl halides is 2. The average Bonchev–Trinajstić information content (AvgIpc) is 3.03. The molecule has 0 aliphatic carbocycles. The van der Waals surface area contributed by atoms with Crippen molar-refractivity contribution in [3.05, 3.63) is 29.5 Å². The van der Waals surface area contributed by atoms with Crippen LogP contribution in [-0.2, 0) is 4.74 Å². The molecule has 8 heteroatoms. The number of nitrogens with zero attached hydrogens (tertiary/aromatic N) is 1. The van der Waals surface area contributed by atoms with Gasteiger partial charge in [-0.05, 0) is 49.4 Å². The van der Waals surface area contributed by atoms with Crippen LogP contribution in [0.5, 0.6) is 5.75 Å². The zero-order chi connectivity index (χ0) is 18.7. The average molecular weight is 384 g/mol. The minimum atomic E-state index is -2.54. The molecule has 5 nitrogen and oxygen atoms in total. The number of fused-ring (bicyclic) bond motifs is 1. The van der Waals surface area contributed by atoms with E-state index in [1.54, 1.807) is 19.1 Å². The van der Waals surface area contributed by atoms with Crippen LogP contribution in [0.2, 0.25) is 0 Å². The topological polar surface area (TPSA) is 54.6 Å². The molecule has 1 saturated heterocycles. The van der Waals surface area contributed by atoms with Crippen LogP contribution in [0.1, 0.15) is 41.7 Å². The Morgan fingerprint density at radius 2 is 2.08 bits per heavy atom. The summed E-state index contributed by atoms with van der Waals surface area (Å²) in [5.74, 6) is 0.207. The first-order valence-electron chi connectivity index (χ1n) is 8.66. The van der Waals surface area contributed by atoms with Gasteiger partial charge in [-0.3, -0.25) is 4.31 Å². The highest BCUT2D eigenvalue weighted by molar-refractivity contribution is 7.77. The number of esters is 1. The van der Waals surface area contributed by atoms with E-state index in [4.69, 9.17) is 9.47 Å². The zero-order valence-electron chi connectivity index (χ0n) is 14.5. The summed E-state index contributed by atoms with van der Waals surface area (Å²) in [5.41, 5.74) is 1.99. The fourth-order valence-electron chi connectivity index (χ4n) is 3.27. The number of nitrogens with one attached hydrogen (secondary N) is 1. The summed E-state index contributed by atoms with van der Waals surface area (Å²) in [6, 6.07) is 5.28. The van der Waals surface area contributed by atoms with Gasteiger partial charge in [0, 0.05) is 24.0 Å². The summed E-state index contributed by atoms with van der Waals surface area (Å²) in [6.45, 7) is 3.00. The Bertz CT molecular complexity index is 773. The van der Waals surface area contributed by atoms with Crippen LogP contribution in [0.3, 0.4) is 0 Å². The molecule has 26 heavy (non-hydrogen) atoms. The van der Waals surface area contributed by atoms with Crippen LogP contribution in [0.15, 0.2) is 18.2 Å². The molecule has 0 amide bonds. The van der Waals surface area contributed by atoms with Gasteiger partial charge in [0.2, 0.25) is 0 Å². The molecule has 2 aromatic rings. The lowest BCUT2D eigenvalue weighted by atomic mass is 9.89. The van der Waals surface area contributed by atoms with E-state index in [1.807, 2.05) is 10.4 Å². The first-order valence-corrected chi connectivity index (χ1v) is 9.06. The molecule has 142 valence electrons. The smallest absolute Gasteiger partial charge is 0.354 e. The highest BCUT2D eigenvalue weighted by Crippen LogP contribution is 2.37. The number of halogens is 2. The van der Waals surface area contributed by atoms with Crippen LogP contribution < -0.4 is 4.74 Å². The fraction of sp³-hybridized carbons (Fsp3) is 0.500. The Balaban J connectivity index is 1.96. The first kappa shape index (κ1) is 19.0. The van der Waals surface area contributed by atoms with Gasteiger partial charge in [0.05, 0.1) is 6.61 Å². The number of aromatic nitrogens is 1. The molecule has 0 bridgehead atoms. The summed E-state index contributed by atoms with van der Waals surface area (Å²) in [4.78, 5) is 15.0. The van der Waals surface area contributed by atoms with E-state index in [9.17, 15) is 13.6 Å². The number of benzene rings is 1. The molecule has 1 N–H and O–H groups in total. The molecule has 1 aromatic heterocycles. The van der Waals surface area contributed by atoms with Crippen molar-refractivity contribution < 1.29 is 23.0 Å². The summed E-state index contributed by atoms with van der Waals surface area (Å²) in [5, 5.41) is 0.729. The third-order valence-corrected chi connectivity index (χ3v) is 4.92. The molecule has 1 aromatic carbocycles. The van der Waals surface area contributed by atoms with Gasteiger partial charge in [-0.15, -0.1) is 0 Å². The Labute approximate surface area is 156 Å². The number of hydrogen-bond acceptors (Lipinski definition) is 5. The van der Waals surface area contributed by atoms with Gasteiger partial charge in [-0.2, -0.15) is 0 Å². The second kappa shape index (κ2) is 8.26. The predicted molar refractivity (Wildman–Crippen MR) is 98.3 cm³/mol. The summed E-state index contributed by atoms with van der Waals surface area (Å²) in [6.07, 6.45) is -0.809. The van der Waals surface area contributed by atoms with Gasteiger partial charge in [-0.25, -0.2) is 13.6 Å². The van der Waals surface area contributed by atoms with Crippen LogP contribution in [-0.4, -0.2) is 48.0 Å². The number of carbonyl (C=O) groups is 1. The number of H-pyrrole nitrogens is 1. The fourth-order valence-corrected chi connectivity index (χ4v) is 3.50. The van der Waals surface area contributed by atoms with Crippen LogP contribution >= 0.6 is 12.8 Å². The monoisotopic (exact) mass is 384 g/mol. The maximum absolute atomic E-state index is 12.6. The van der Waals surface area contributed by atoms with Gasteiger partial charge in [0.25, 0.3) is 6.43 Å². The molecular formula is C18H22F2N2O3S. The van der Waals surface area contributed by atoms with E-state index in [1.165, 1.54) is 0 Å². The molecule has 0 saturated carbocycles. The summed E-state index contributed by atoms with van der Waals surface area (Å²) >= 11 is 4.36. The van der Waals surface area contributed by atoms with Gasteiger partial charge < -0.3 is 14.5 Å². The molecule has 1 aliphatic heterocycles. The number of rotatable bonds is 6. The van der Waals surface area contributed by atoms with Crippen molar-refractivity contribution in [3.63, 3.8) is 0 Å². The maximum Gasteiger partial charge on any atom is 0.354 e. The second-order valence-corrected chi connectivity index (χ2v) is 6.88. The van der Waals surface area contributed by atoms with Crippen LogP contribution in [0, 0.1) is 0 Å². The largest absolute Gasteiger partial charge is 0.487 e. The SMILES string of the molecule is CCOC(=O)c1cc2cc(OCC(F)F)c(C3CCN(S)CC3)cc2[nH]1. The predicted octanol–water partition coefficient (Wildman–Crippen LogP) is 4.01. The number of ether oxygens (including phenoxy) is 2. The van der Waals surface area contributed by atoms with E-state index < -0.39 is 19.0 Å². The highest BCUT2D eigenvalue weighted by Gasteiger charge is 2.24. The van der Waals surface area contributed by atoms with Crippen molar-refractivity contribution in [1.82, 2.24) is 9.29 Å². The van der Waals surface area contributed by atoms with Crippen molar-refractivity contribution in [1.29, 1.82) is 0 Å². The van der Waals surface area contributed by atoms with Gasteiger partial charge >= 0.3 is 5.97 Å².